The van der Waals surface area contributed by atoms with E-state index in [0.29, 0.717) is 11.4 Å². The molecule has 0 radical (unpaired) electrons. The molecule has 10 heteroatoms. The van der Waals surface area contributed by atoms with E-state index in [1.165, 1.54) is 18.2 Å². The van der Waals surface area contributed by atoms with Crippen LogP contribution in [0, 0.1) is 13.8 Å². The van der Waals surface area contributed by atoms with E-state index in [1.54, 1.807) is 19.1 Å². The monoisotopic (exact) mass is 475 g/mol. The number of alkyl halides is 3. The van der Waals surface area contributed by atoms with Gasteiger partial charge >= 0.3 is 12.1 Å². The number of carbonyl (C=O) groups excluding carboxylic acids is 3. The Morgan fingerprint density at radius 2 is 1.79 bits per heavy atom. The molecule has 0 unspecified atom stereocenters. The Hall–Kier alpha value is -3.82. The maximum atomic E-state index is 13.3. The van der Waals surface area contributed by atoms with E-state index < -0.39 is 41.8 Å². The van der Waals surface area contributed by atoms with Crippen molar-refractivity contribution in [2.45, 2.75) is 33.4 Å². The highest BCUT2D eigenvalue weighted by Gasteiger charge is 2.34. The van der Waals surface area contributed by atoms with Crippen LogP contribution in [0.4, 0.5) is 30.2 Å². The third-order valence-corrected chi connectivity index (χ3v) is 5.21. The molecule has 0 aliphatic carbocycles. The van der Waals surface area contributed by atoms with Gasteiger partial charge in [-0.2, -0.15) is 13.2 Å². The zero-order valence-electron chi connectivity index (χ0n) is 18.9. The minimum absolute atomic E-state index is 0.181. The van der Waals surface area contributed by atoms with Crippen molar-refractivity contribution in [3.63, 3.8) is 0 Å². The average Bonchev–Trinajstić information content (AvgIpc) is 2.85. The van der Waals surface area contributed by atoms with Gasteiger partial charge < -0.3 is 15.4 Å². The lowest BCUT2D eigenvalue weighted by Gasteiger charge is -2.23. The lowest BCUT2D eigenvalue weighted by atomic mass is 10.1. The molecule has 2 aromatic carbocycles. The van der Waals surface area contributed by atoms with Gasteiger partial charge in [-0.25, -0.2) is 0 Å². The molecular weight excluding hydrogens is 451 g/mol. The zero-order valence-corrected chi connectivity index (χ0v) is 18.9. The number of hydrogen-bond acceptors (Lipinski definition) is 5. The molecule has 0 aromatic heterocycles. The number of carbonyl (C=O) groups is 3. The Morgan fingerprint density at radius 1 is 1.12 bits per heavy atom. The molecule has 1 aliphatic heterocycles. The van der Waals surface area contributed by atoms with Gasteiger partial charge in [-0.1, -0.05) is 12.1 Å². The molecule has 1 heterocycles. The summed E-state index contributed by atoms with van der Waals surface area (Å²) in [5.41, 5.74) is 1.47. The van der Waals surface area contributed by atoms with Crippen molar-refractivity contribution in [2.75, 3.05) is 28.7 Å². The summed E-state index contributed by atoms with van der Waals surface area (Å²) in [6.45, 7) is 5.00. The molecule has 0 atom stereocenters. The molecule has 2 aromatic rings. The van der Waals surface area contributed by atoms with Gasteiger partial charge in [0, 0.05) is 11.8 Å². The van der Waals surface area contributed by atoms with Gasteiger partial charge in [0.15, 0.2) is 0 Å². The first-order valence-corrected chi connectivity index (χ1v) is 10.5. The van der Waals surface area contributed by atoms with Gasteiger partial charge in [0.05, 0.1) is 35.7 Å². The summed E-state index contributed by atoms with van der Waals surface area (Å²) in [5.74, 6) is -1.95. The Kier molecular flexibility index (Phi) is 7.29. The van der Waals surface area contributed by atoms with Crippen LogP contribution in [0.2, 0.25) is 0 Å². The van der Waals surface area contributed by atoms with Crippen LogP contribution in [0.3, 0.4) is 0 Å². The van der Waals surface area contributed by atoms with Crippen LogP contribution in [0.5, 0.6) is 0 Å². The summed E-state index contributed by atoms with van der Waals surface area (Å²) in [5, 5.41) is 5.30. The SMILES string of the molecule is CCOC(=O)CC1=CC(=O)N(CC(=O)Nc2ccccc2C(F)(F)F)c2cc(C)c(C)cc2N1. The topological polar surface area (TPSA) is 87.7 Å². The number of esters is 1. The van der Waals surface area contributed by atoms with Gasteiger partial charge in [0.1, 0.15) is 6.54 Å². The fraction of sp³-hybridized carbons (Fsp3) is 0.292. The highest BCUT2D eigenvalue weighted by molar-refractivity contribution is 6.10. The van der Waals surface area contributed by atoms with Crippen LogP contribution >= 0.6 is 0 Å². The lowest BCUT2D eigenvalue weighted by Crippen LogP contribution is -2.37. The smallest absolute Gasteiger partial charge is 0.418 e. The number of ether oxygens (including phenoxy) is 1. The van der Waals surface area contributed by atoms with Crippen LogP contribution in [0.1, 0.15) is 30.0 Å². The van der Waals surface area contributed by atoms with E-state index in [9.17, 15) is 27.6 Å². The summed E-state index contributed by atoms with van der Waals surface area (Å²) in [7, 11) is 0. The highest BCUT2D eigenvalue weighted by atomic mass is 19.4. The fourth-order valence-electron chi connectivity index (χ4n) is 3.48. The van der Waals surface area contributed by atoms with E-state index in [-0.39, 0.29) is 18.7 Å². The summed E-state index contributed by atoms with van der Waals surface area (Å²) < 4.78 is 44.8. The van der Waals surface area contributed by atoms with Crippen LogP contribution in [0.25, 0.3) is 0 Å². The van der Waals surface area contributed by atoms with E-state index in [1.807, 2.05) is 13.8 Å². The molecule has 34 heavy (non-hydrogen) atoms. The number of hydrogen-bond donors (Lipinski definition) is 2. The molecule has 180 valence electrons. The molecule has 1 aliphatic rings. The van der Waals surface area contributed by atoms with Crippen molar-refractivity contribution in [1.29, 1.82) is 0 Å². The van der Waals surface area contributed by atoms with Gasteiger partial charge in [0.2, 0.25) is 5.91 Å². The standard InChI is InChI=1S/C24H24F3N3O4/c1-4-34-23(33)12-16-11-22(32)30(20-10-15(3)14(2)9-19(20)28-16)13-21(31)29-18-8-6-5-7-17(18)24(25,26)27/h5-11,28H,4,12-13H2,1-3H3,(H,29,31). The summed E-state index contributed by atoms with van der Waals surface area (Å²) in [4.78, 5) is 38.9. The highest BCUT2D eigenvalue weighted by Crippen LogP contribution is 2.36. The molecule has 2 N–H and O–H groups in total. The maximum Gasteiger partial charge on any atom is 0.418 e. The van der Waals surface area contributed by atoms with Crippen molar-refractivity contribution in [1.82, 2.24) is 0 Å². The maximum absolute atomic E-state index is 13.3. The average molecular weight is 475 g/mol. The van der Waals surface area contributed by atoms with E-state index >= 15 is 0 Å². The molecule has 2 amide bonds. The number of nitrogens with one attached hydrogen (secondary N) is 2. The minimum atomic E-state index is -4.65. The number of para-hydroxylation sites is 1. The molecule has 0 fully saturated rings. The van der Waals surface area contributed by atoms with Crippen LogP contribution < -0.4 is 15.5 Å². The van der Waals surface area contributed by atoms with Crippen LogP contribution in [0.15, 0.2) is 48.2 Å². The number of benzene rings is 2. The number of rotatable bonds is 6. The lowest BCUT2D eigenvalue weighted by molar-refractivity contribution is -0.142. The van der Waals surface area contributed by atoms with Crippen molar-refractivity contribution >= 4 is 34.8 Å². The second-order valence-electron chi connectivity index (χ2n) is 7.75. The number of aryl methyl sites for hydroxylation is 2. The molecule has 0 saturated carbocycles. The number of halogens is 3. The van der Waals surface area contributed by atoms with Crippen molar-refractivity contribution in [2.24, 2.45) is 0 Å². The quantitative estimate of drug-likeness (QED) is 0.599. The molecule has 7 nitrogen and oxygen atoms in total. The molecule has 0 bridgehead atoms. The Labute approximate surface area is 194 Å². The molecular formula is C24H24F3N3O4. The summed E-state index contributed by atoms with van der Waals surface area (Å²) in [6.07, 6.45) is -3.67. The second kappa shape index (κ2) is 9.98. The number of fused-ring (bicyclic) bond motifs is 1. The predicted octanol–water partition coefficient (Wildman–Crippen LogP) is 4.56. The normalized spacial score (nSPS) is 13.4. The largest absolute Gasteiger partial charge is 0.466 e. The first-order valence-electron chi connectivity index (χ1n) is 10.5. The van der Waals surface area contributed by atoms with E-state index in [0.717, 1.165) is 28.2 Å². The number of nitrogens with zero attached hydrogens (tertiary/aromatic N) is 1. The Bertz CT molecular complexity index is 1160. The van der Waals surface area contributed by atoms with Crippen molar-refractivity contribution in [3.05, 3.63) is 64.9 Å². The third-order valence-electron chi connectivity index (χ3n) is 5.21. The first kappa shape index (κ1) is 24.8. The van der Waals surface area contributed by atoms with Gasteiger partial charge in [-0.15, -0.1) is 0 Å². The van der Waals surface area contributed by atoms with E-state index in [2.05, 4.69) is 10.6 Å². The molecule has 0 spiro atoms. The molecule has 0 saturated heterocycles. The Morgan fingerprint density at radius 3 is 2.47 bits per heavy atom. The predicted molar refractivity (Wildman–Crippen MR) is 121 cm³/mol. The number of anilines is 3. The summed E-state index contributed by atoms with van der Waals surface area (Å²) >= 11 is 0. The summed E-state index contributed by atoms with van der Waals surface area (Å²) in [6, 6.07) is 8.07. The van der Waals surface area contributed by atoms with Gasteiger partial charge in [-0.05, 0) is 56.2 Å². The first-order chi connectivity index (χ1) is 16.0. The third kappa shape index (κ3) is 5.75. The zero-order chi connectivity index (χ0) is 25.0. The van der Waals surface area contributed by atoms with Crippen LogP contribution in [-0.4, -0.2) is 30.9 Å². The van der Waals surface area contributed by atoms with E-state index in [4.69, 9.17) is 4.74 Å². The number of amides is 2. The minimum Gasteiger partial charge on any atom is -0.466 e. The molecule has 3 rings (SSSR count). The van der Waals surface area contributed by atoms with Gasteiger partial charge in [-0.3, -0.25) is 19.3 Å². The van der Waals surface area contributed by atoms with Gasteiger partial charge in [0.25, 0.3) is 5.91 Å². The fourth-order valence-corrected chi connectivity index (χ4v) is 3.48. The van der Waals surface area contributed by atoms with Crippen molar-refractivity contribution < 1.29 is 32.3 Å². The second-order valence-corrected chi connectivity index (χ2v) is 7.75. The van der Waals surface area contributed by atoms with Crippen LogP contribution in [-0.2, 0) is 25.3 Å². The Balaban J connectivity index is 1.92. The van der Waals surface area contributed by atoms with Crippen molar-refractivity contribution in [3.8, 4) is 0 Å².